The molecule has 1 fully saturated rings. The summed E-state index contributed by atoms with van der Waals surface area (Å²) in [5.41, 5.74) is 2.24. The van der Waals surface area contributed by atoms with Crippen LogP contribution >= 0.6 is 0 Å². The summed E-state index contributed by atoms with van der Waals surface area (Å²) >= 11 is 0. The molecule has 3 N–H and O–H groups in total. The second-order valence-corrected chi connectivity index (χ2v) is 9.90. The van der Waals surface area contributed by atoms with Gasteiger partial charge in [-0.3, -0.25) is 9.59 Å². The fourth-order valence-electron chi connectivity index (χ4n) is 5.11. The monoisotopic (exact) mass is 527 g/mol. The summed E-state index contributed by atoms with van der Waals surface area (Å²) in [5, 5.41) is 16.1. The van der Waals surface area contributed by atoms with E-state index in [4.69, 9.17) is 9.47 Å². The summed E-state index contributed by atoms with van der Waals surface area (Å²) in [7, 11) is 0. The highest BCUT2D eigenvalue weighted by Crippen LogP contribution is 2.39. The van der Waals surface area contributed by atoms with Gasteiger partial charge in [0.15, 0.2) is 12.4 Å². The molecule has 0 aromatic heterocycles. The van der Waals surface area contributed by atoms with Gasteiger partial charge >= 0.3 is 0 Å². The Labute approximate surface area is 223 Å². The lowest BCUT2D eigenvalue weighted by atomic mass is 9.94. The second-order valence-electron chi connectivity index (χ2n) is 9.90. The van der Waals surface area contributed by atoms with Gasteiger partial charge in [0.05, 0.1) is 19.6 Å². The number of carbonyl (C=O) groups is 2. The van der Waals surface area contributed by atoms with Crippen LogP contribution in [0, 0.1) is 5.82 Å². The molecule has 0 atom stereocenters. The molecule has 1 heterocycles. The van der Waals surface area contributed by atoms with E-state index in [0.717, 1.165) is 36.8 Å². The van der Waals surface area contributed by atoms with E-state index in [2.05, 4.69) is 10.6 Å². The van der Waals surface area contributed by atoms with Gasteiger partial charge < -0.3 is 30.1 Å². The number of anilines is 1. The quantitative estimate of drug-likeness (QED) is 0.271. The summed E-state index contributed by atoms with van der Waals surface area (Å²) in [6, 6.07) is 10.0. The third kappa shape index (κ3) is 7.91. The SMILES string of the molecule is O=C1COc2c(CCNCCN(C(=O)CCOCCc3ccc(F)cc3)C3CCCCC3)ccc(O)c2N1. The molecule has 2 aliphatic rings. The van der Waals surface area contributed by atoms with Crippen LogP contribution in [0.4, 0.5) is 10.1 Å². The van der Waals surface area contributed by atoms with Gasteiger partial charge in [-0.2, -0.15) is 0 Å². The number of rotatable bonds is 13. The largest absolute Gasteiger partial charge is 0.506 e. The molecule has 9 heteroatoms. The van der Waals surface area contributed by atoms with Gasteiger partial charge in [-0.15, -0.1) is 0 Å². The number of phenols is 1. The van der Waals surface area contributed by atoms with E-state index in [-0.39, 0.29) is 36.0 Å². The van der Waals surface area contributed by atoms with Crippen molar-refractivity contribution in [3.05, 3.63) is 53.3 Å². The van der Waals surface area contributed by atoms with Crippen LogP contribution in [0.1, 0.15) is 49.7 Å². The van der Waals surface area contributed by atoms with Crippen molar-refractivity contribution < 1.29 is 28.6 Å². The van der Waals surface area contributed by atoms with Gasteiger partial charge in [-0.05, 0) is 61.6 Å². The van der Waals surface area contributed by atoms with Crippen LogP contribution in [0.15, 0.2) is 36.4 Å². The maximum absolute atomic E-state index is 13.1. The summed E-state index contributed by atoms with van der Waals surface area (Å²) < 4.78 is 24.3. The highest BCUT2D eigenvalue weighted by atomic mass is 19.1. The first-order chi connectivity index (χ1) is 18.5. The molecule has 1 aliphatic carbocycles. The number of fused-ring (bicyclic) bond motifs is 1. The number of hydrogen-bond donors (Lipinski definition) is 3. The van der Waals surface area contributed by atoms with Crippen molar-refractivity contribution >= 4 is 17.5 Å². The lowest BCUT2D eigenvalue weighted by molar-refractivity contribution is -0.135. The minimum atomic E-state index is -0.283. The van der Waals surface area contributed by atoms with E-state index < -0.39 is 0 Å². The molecule has 38 heavy (non-hydrogen) atoms. The Morgan fingerprint density at radius 2 is 1.87 bits per heavy atom. The van der Waals surface area contributed by atoms with Crippen LogP contribution in [0.3, 0.4) is 0 Å². The van der Waals surface area contributed by atoms with Crippen LogP contribution in [0.5, 0.6) is 11.5 Å². The Morgan fingerprint density at radius 3 is 2.66 bits per heavy atom. The van der Waals surface area contributed by atoms with E-state index in [1.54, 1.807) is 24.3 Å². The molecule has 0 saturated heterocycles. The van der Waals surface area contributed by atoms with Crippen molar-refractivity contribution in [3.63, 3.8) is 0 Å². The van der Waals surface area contributed by atoms with Crippen molar-refractivity contribution in [2.75, 3.05) is 44.8 Å². The minimum Gasteiger partial charge on any atom is -0.506 e. The topological polar surface area (TPSA) is 100 Å². The number of aromatic hydroxyl groups is 1. The lowest BCUT2D eigenvalue weighted by Gasteiger charge is -2.34. The van der Waals surface area contributed by atoms with E-state index in [1.807, 2.05) is 4.90 Å². The molecule has 0 bridgehead atoms. The van der Waals surface area contributed by atoms with Crippen LogP contribution in [-0.2, 0) is 27.2 Å². The number of halogens is 1. The van der Waals surface area contributed by atoms with Crippen molar-refractivity contribution in [2.24, 2.45) is 0 Å². The van der Waals surface area contributed by atoms with E-state index in [0.29, 0.717) is 63.5 Å². The lowest BCUT2D eigenvalue weighted by Crippen LogP contribution is -2.45. The van der Waals surface area contributed by atoms with Crippen LogP contribution in [0.25, 0.3) is 0 Å². The highest BCUT2D eigenvalue weighted by molar-refractivity contribution is 5.97. The third-order valence-corrected chi connectivity index (χ3v) is 7.17. The van der Waals surface area contributed by atoms with Gasteiger partial charge in [-0.1, -0.05) is 37.5 Å². The molecule has 1 aliphatic heterocycles. The predicted molar refractivity (Wildman–Crippen MR) is 143 cm³/mol. The molecule has 2 amide bonds. The second kappa shape index (κ2) is 14.1. The van der Waals surface area contributed by atoms with Gasteiger partial charge in [0.1, 0.15) is 17.3 Å². The zero-order valence-corrected chi connectivity index (χ0v) is 21.8. The molecular weight excluding hydrogens is 489 g/mol. The van der Waals surface area contributed by atoms with Crippen molar-refractivity contribution in [3.8, 4) is 11.5 Å². The number of benzene rings is 2. The number of nitrogens with zero attached hydrogens (tertiary/aromatic N) is 1. The smallest absolute Gasteiger partial charge is 0.262 e. The summed E-state index contributed by atoms with van der Waals surface area (Å²) in [5.74, 6) is 0.0996. The molecule has 4 rings (SSSR count). The van der Waals surface area contributed by atoms with E-state index in [9.17, 15) is 19.1 Å². The third-order valence-electron chi connectivity index (χ3n) is 7.17. The first kappa shape index (κ1) is 27.9. The van der Waals surface area contributed by atoms with Crippen molar-refractivity contribution in [1.29, 1.82) is 0 Å². The maximum Gasteiger partial charge on any atom is 0.262 e. The highest BCUT2D eigenvalue weighted by Gasteiger charge is 2.25. The van der Waals surface area contributed by atoms with Gasteiger partial charge in [-0.25, -0.2) is 4.39 Å². The molecule has 0 spiro atoms. The number of nitrogens with one attached hydrogen (secondary N) is 2. The van der Waals surface area contributed by atoms with E-state index >= 15 is 0 Å². The zero-order chi connectivity index (χ0) is 26.7. The minimum absolute atomic E-state index is 0.00849. The molecule has 1 saturated carbocycles. The average molecular weight is 528 g/mol. The van der Waals surface area contributed by atoms with Gasteiger partial charge in [0.25, 0.3) is 5.91 Å². The number of amides is 2. The summed E-state index contributed by atoms with van der Waals surface area (Å²) in [4.78, 5) is 26.7. The Balaban J connectivity index is 1.21. The molecule has 2 aromatic rings. The van der Waals surface area contributed by atoms with Crippen molar-refractivity contribution in [1.82, 2.24) is 10.2 Å². The molecule has 8 nitrogen and oxygen atoms in total. The Kier molecular flexibility index (Phi) is 10.3. The van der Waals surface area contributed by atoms with Crippen LogP contribution in [-0.4, -0.2) is 67.3 Å². The number of phenolic OH excluding ortho intramolecular Hbond substituents is 1. The number of hydrogen-bond acceptors (Lipinski definition) is 6. The number of carbonyl (C=O) groups excluding carboxylic acids is 2. The Bertz CT molecular complexity index is 1070. The fraction of sp³-hybridized carbons (Fsp3) is 0.517. The standard InChI is InChI=1S/C29H38FN3O5/c30-23-9-6-21(7-10-23)13-18-37-19-14-27(36)33(24-4-2-1-3-5-24)17-16-31-15-12-22-8-11-25(34)28-29(22)38-20-26(35)32-28/h6-11,24,31,34H,1-5,12-20H2,(H,32,35). The van der Waals surface area contributed by atoms with E-state index in [1.165, 1.54) is 18.6 Å². The zero-order valence-electron chi connectivity index (χ0n) is 21.8. The molecular formula is C29H38FN3O5. The first-order valence-corrected chi connectivity index (χ1v) is 13.6. The van der Waals surface area contributed by atoms with Crippen LogP contribution in [0.2, 0.25) is 0 Å². The predicted octanol–water partition coefficient (Wildman–Crippen LogP) is 3.81. The molecule has 2 aromatic carbocycles. The summed E-state index contributed by atoms with van der Waals surface area (Å²) in [6.07, 6.45) is 7.31. The molecule has 206 valence electrons. The maximum atomic E-state index is 13.1. The fourth-order valence-corrected chi connectivity index (χ4v) is 5.11. The van der Waals surface area contributed by atoms with Gasteiger partial charge in [0.2, 0.25) is 5.91 Å². The van der Waals surface area contributed by atoms with Crippen LogP contribution < -0.4 is 15.4 Å². The molecule has 0 radical (unpaired) electrons. The number of ether oxygens (including phenoxy) is 2. The Hall–Kier alpha value is -3.17. The molecule has 0 unspecified atom stereocenters. The summed E-state index contributed by atoms with van der Waals surface area (Å²) in [6.45, 7) is 2.79. The first-order valence-electron chi connectivity index (χ1n) is 13.6. The van der Waals surface area contributed by atoms with Crippen molar-refractivity contribution in [2.45, 2.75) is 57.4 Å². The van der Waals surface area contributed by atoms with Gasteiger partial charge in [0, 0.05) is 19.1 Å². The Morgan fingerprint density at radius 1 is 1.08 bits per heavy atom. The average Bonchev–Trinajstić information content (AvgIpc) is 2.93. The normalized spacial score (nSPS) is 15.4.